The molecule has 0 N–H and O–H groups in total. The van der Waals surface area contributed by atoms with E-state index >= 15 is 0 Å². The highest BCUT2D eigenvalue weighted by Gasteiger charge is 2.54. The van der Waals surface area contributed by atoms with Crippen molar-refractivity contribution in [1.29, 1.82) is 0 Å². The Morgan fingerprint density at radius 2 is 1.48 bits per heavy atom. The van der Waals surface area contributed by atoms with E-state index in [0.29, 0.717) is 35.8 Å². The fourth-order valence-corrected chi connectivity index (χ4v) is 7.37. The van der Waals surface area contributed by atoms with Crippen molar-refractivity contribution in [1.82, 2.24) is 14.7 Å². The molecule has 33 heavy (non-hydrogen) atoms. The van der Waals surface area contributed by atoms with Crippen molar-refractivity contribution < 1.29 is 23.9 Å². The van der Waals surface area contributed by atoms with Crippen LogP contribution in [-0.4, -0.2) is 84.4 Å². The molecule has 8 nitrogen and oxygen atoms in total. The average Bonchev–Trinajstić information content (AvgIpc) is 3.08. The summed E-state index contributed by atoms with van der Waals surface area (Å²) in [7, 11) is 2.99. The monoisotopic (exact) mass is 453 g/mol. The average molecular weight is 454 g/mol. The van der Waals surface area contributed by atoms with E-state index in [-0.39, 0.29) is 23.1 Å². The molecule has 0 saturated carbocycles. The molecule has 4 fully saturated rings. The summed E-state index contributed by atoms with van der Waals surface area (Å²) >= 11 is 0. The predicted molar refractivity (Wildman–Crippen MR) is 119 cm³/mol. The summed E-state index contributed by atoms with van der Waals surface area (Å²) in [6.45, 7) is 3.12. The van der Waals surface area contributed by atoms with E-state index in [0.717, 1.165) is 19.4 Å². The predicted octanol–water partition coefficient (Wildman–Crippen LogP) is 2.16. The Morgan fingerprint density at radius 1 is 0.848 bits per heavy atom. The number of imide groups is 1. The van der Waals surface area contributed by atoms with Gasteiger partial charge in [0, 0.05) is 18.6 Å². The molecule has 5 atom stereocenters. The summed E-state index contributed by atoms with van der Waals surface area (Å²) in [4.78, 5) is 46.3. The number of ether oxygens (including phenoxy) is 2. The van der Waals surface area contributed by atoms with E-state index < -0.39 is 17.9 Å². The summed E-state index contributed by atoms with van der Waals surface area (Å²) in [5.41, 5.74) is 0.558. The third-order valence-corrected chi connectivity index (χ3v) is 8.71. The maximum atomic E-state index is 13.8. The molecule has 1 aromatic carbocycles. The molecule has 3 amide bonds. The second kappa shape index (κ2) is 7.72. The Morgan fingerprint density at radius 3 is 2.12 bits per heavy atom. The van der Waals surface area contributed by atoms with Gasteiger partial charge in [-0.25, -0.2) is 0 Å². The smallest absolute Gasteiger partial charge is 0.262 e. The van der Waals surface area contributed by atoms with Gasteiger partial charge in [-0.2, -0.15) is 0 Å². The van der Waals surface area contributed by atoms with E-state index in [4.69, 9.17) is 9.47 Å². The molecule has 5 aliphatic rings. The van der Waals surface area contributed by atoms with Crippen LogP contribution in [-0.2, 0) is 4.79 Å². The molecular formula is C25H31N3O5. The van der Waals surface area contributed by atoms with Gasteiger partial charge in [0.25, 0.3) is 11.8 Å². The molecule has 1 aromatic rings. The fraction of sp³-hybridized carbons (Fsp3) is 0.640. The first-order chi connectivity index (χ1) is 16.0. The first-order valence-electron chi connectivity index (χ1n) is 12.2. The second-order valence-electron chi connectivity index (χ2n) is 10.1. The van der Waals surface area contributed by atoms with E-state index in [1.54, 1.807) is 12.1 Å². The maximum Gasteiger partial charge on any atom is 0.262 e. The maximum absolute atomic E-state index is 13.8. The molecule has 0 radical (unpaired) electrons. The first-order valence-corrected chi connectivity index (χ1v) is 12.2. The lowest BCUT2D eigenvalue weighted by molar-refractivity contribution is -0.156. The molecular weight excluding hydrogens is 422 g/mol. The van der Waals surface area contributed by atoms with Crippen molar-refractivity contribution in [3.8, 4) is 11.5 Å². The number of carbonyl (C=O) groups excluding carboxylic acids is 3. The minimum absolute atomic E-state index is 0.0548. The van der Waals surface area contributed by atoms with Crippen molar-refractivity contribution in [2.45, 2.75) is 56.7 Å². The Labute approximate surface area is 193 Å². The Kier molecular flexibility index (Phi) is 4.90. The lowest BCUT2D eigenvalue weighted by Gasteiger charge is -2.59. The molecule has 0 aliphatic carbocycles. The zero-order valence-electron chi connectivity index (χ0n) is 19.3. The van der Waals surface area contributed by atoms with Gasteiger partial charge in [0.15, 0.2) is 11.5 Å². The van der Waals surface area contributed by atoms with E-state index in [1.165, 1.54) is 51.5 Å². The molecule has 176 valence electrons. The SMILES string of the molecule is COc1cc2c(cc1OC)C(=O)N(C1CC[C@@H]3[C@H]4CCCN5CCC[C@@H](CN3C1=O)[C@@H]45)C2=O. The zero-order chi connectivity index (χ0) is 22.9. The third-order valence-electron chi connectivity index (χ3n) is 8.71. The van der Waals surface area contributed by atoms with Crippen molar-refractivity contribution in [3.05, 3.63) is 23.3 Å². The van der Waals surface area contributed by atoms with Crippen molar-refractivity contribution in [3.63, 3.8) is 0 Å². The van der Waals surface area contributed by atoms with E-state index in [1.807, 2.05) is 4.90 Å². The number of piperidine rings is 4. The topological polar surface area (TPSA) is 79.4 Å². The van der Waals surface area contributed by atoms with Crippen LogP contribution in [0.3, 0.4) is 0 Å². The first kappa shape index (κ1) is 21.0. The molecule has 4 saturated heterocycles. The van der Waals surface area contributed by atoms with Crippen LogP contribution in [0.4, 0.5) is 0 Å². The quantitative estimate of drug-likeness (QED) is 0.653. The number of carbonyl (C=O) groups is 3. The fourth-order valence-electron chi connectivity index (χ4n) is 7.37. The summed E-state index contributed by atoms with van der Waals surface area (Å²) < 4.78 is 10.6. The Hall–Kier alpha value is -2.61. The van der Waals surface area contributed by atoms with Gasteiger partial charge in [0.1, 0.15) is 6.04 Å². The van der Waals surface area contributed by atoms with Gasteiger partial charge in [0.2, 0.25) is 5.91 Å². The van der Waals surface area contributed by atoms with Gasteiger partial charge in [-0.15, -0.1) is 0 Å². The van der Waals surface area contributed by atoms with Crippen LogP contribution < -0.4 is 9.47 Å². The summed E-state index contributed by atoms with van der Waals surface area (Å²) in [5.74, 6) is 0.928. The van der Waals surface area contributed by atoms with Gasteiger partial charge < -0.3 is 14.4 Å². The molecule has 0 bridgehead atoms. The molecule has 6 rings (SSSR count). The number of benzene rings is 1. The van der Waals surface area contributed by atoms with E-state index in [2.05, 4.69) is 4.90 Å². The summed E-state index contributed by atoms with van der Waals surface area (Å²) in [6, 6.07) is 3.19. The van der Waals surface area contributed by atoms with Crippen molar-refractivity contribution >= 4 is 17.7 Å². The number of amides is 3. The van der Waals surface area contributed by atoms with Gasteiger partial charge in [0.05, 0.1) is 25.3 Å². The summed E-state index contributed by atoms with van der Waals surface area (Å²) in [6.07, 6.45) is 6.09. The minimum Gasteiger partial charge on any atom is -0.493 e. The molecule has 5 aliphatic heterocycles. The lowest BCUT2D eigenvalue weighted by Crippen LogP contribution is -2.69. The lowest BCUT2D eigenvalue weighted by atomic mass is 9.67. The van der Waals surface area contributed by atoms with Crippen LogP contribution in [0.1, 0.15) is 59.2 Å². The molecule has 8 heteroatoms. The molecule has 5 heterocycles. The Bertz CT molecular complexity index is 981. The number of hydrogen-bond donors (Lipinski definition) is 0. The van der Waals surface area contributed by atoms with Crippen LogP contribution in [0, 0.1) is 11.8 Å². The highest BCUT2D eigenvalue weighted by atomic mass is 16.5. The summed E-state index contributed by atoms with van der Waals surface area (Å²) in [5, 5.41) is 0. The van der Waals surface area contributed by atoms with Crippen LogP contribution >= 0.6 is 0 Å². The third kappa shape index (κ3) is 2.95. The van der Waals surface area contributed by atoms with Crippen LogP contribution in [0.25, 0.3) is 0 Å². The molecule has 0 spiro atoms. The van der Waals surface area contributed by atoms with Crippen LogP contribution in [0.15, 0.2) is 12.1 Å². The number of nitrogens with zero attached hydrogens (tertiary/aromatic N) is 3. The molecule has 0 aromatic heterocycles. The van der Waals surface area contributed by atoms with Gasteiger partial charge >= 0.3 is 0 Å². The van der Waals surface area contributed by atoms with Crippen LogP contribution in [0.5, 0.6) is 11.5 Å². The number of hydrogen-bond acceptors (Lipinski definition) is 6. The number of fused-ring (bicyclic) bond motifs is 3. The largest absolute Gasteiger partial charge is 0.493 e. The van der Waals surface area contributed by atoms with Crippen LogP contribution in [0.2, 0.25) is 0 Å². The highest BCUT2D eigenvalue weighted by Crippen LogP contribution is 2.46. The van der Waals surface area contributed by atoms with Gasteiger partial charge in [-0.1, -0.05) is 0 Å². The number of rotatable bonds is 3. The zero-order valence-corrected chi connectivity index (χ0v) is 19.3. The van der Waals surface area contributed by atoms with Crippen molar-refractivity contribution in [2.24, 2.45) is 11.8 Å². The number of methoxy groups -OCH3 is 2. The Balaban J connectivity index is 1.29. The normalized spacial score (nSPS) is 33.5. The van der Waals surface area contributed by atoms with Gasteiger partial charge in [-0.05, 0) is 75.6 Å². The highest BCUT2D eigenvalue weighted by molar-refractivity contribution is 6.23. The minimum atomic E-state index is -0.731. The van der Waals surface area contributed by atoms with Crippen molar-refractivity contribution in [2.75, 3.05) is 33.9 Å². The standard InChI is InChI=1S/C25H31N3O5/c1-32-20-11-16-17(12-21(20)33-2)24(30)28(23(16)29)19-8-7-18-15-6-4-10-26-9-3-5-14(22(15)26)13-27(18)25(19)31/h11-12,14-15,18-19,22H,3-10,13H2,1-2H3/t14-,15+,18+,19?,22-/m0/s1. The molecule has 1 unspecified atom stereocenters. The second-order valence-corrected chi connectivity index (χ2v) is 10.1. The van der Waals surface area contributed by atoms with Gasteiger partial charge in [-0.3, -0.25) is 24.2 Å². The van der Waals surface area contributed by atoms with E-state index in [9.17, 15) is 14.4 Å².